The van der Waals surface area contributed by atoms with Gasteiger partial charge in [0.25, 0.3) is 0 Å². The van der Waals surface area contributed by atoms with E-state index < -0.39 is 0 Å². The number of fused-ring (bicyclic) bond motifs is 1. The molecule has 1 saturated carbocycles. The Balaban J connectivity index is 1.30. The lowest BCUT2D eigenvalue weighted by atomic mass is 9.89. The maximum atomic E-state index is 12.5. The number of imidazole rings is 1. The molecule has 1 amide bonds. The highest BCUT2D eigenvalue weighted by molar-refractivity contribution is 5.78. The summed E-state index contributed by atoms with van der Waals surface area (Å²) >= 11 is 0. The molecule has 33 heavy (non-hydrogen) atoms. The molecule has 1 N–H and O–H groups in total. The summed E-state index contributed by atoms with van der Waals surface area (Å²) in [5.41, 5.74) is 4.64. The molecule has 0 bridgehead atoms. The third-order valence-electron chi connectivity index (χ3n) is 6.72. The first kappa shape index (κ1) is 23.3. The minimum absolute atomic E-state index is 0.203. The van der Waals surface area contributed by atoms with Crippen LogP contribution in [0.4, 0.5) is 0 Å². The highest BCUT2D eigenvalue weighted by Gasteiger charge is 2.20. The van der Waals surface area contributed by atoms with Crippen LogP contribution in [-0.4, -0.2) is 28.6 Å². The normalized spacial score (nSPS) is 14.5. The zero-order chi connectivity index (χ0) is 23.0. The number of carbonyl (C=O) groups is 1. The summed E-state index contributed by atoms with van der Waals surface area (Å²) in [5.74, 6) is 2.45. The molecule has 0 aliphatic heterocycles. The number of amides is 1. The number of ether oxygens (including phenoxy) is 1. The largest absolute Gasteiger partial charge is 0.493 e. The van der Waals surface area contributed by atoms with Gasteiger partial charge >= 0.3 is 0 Å². The summed E-state index contributed by atoms with van der Waals surface area (Å²) in [6.45, 7) is 6.46. The lowest BCUT2D eigenvalue weighted by Crippen LogP contribution is -2.33. The number of hydrogen-bond acceptors (Lipinski definition) is 3. The second kappa shape index (κ2) is 11.4. The summed E-state index contributed by atoms with van der Waals surface area (Å²) in [6.07, 6.45) is 8.46. The molecule has 5 nitrogen and oxygen atoms in total. The standard InChI is InChI=1S/C28H37N3O2/c1-21-14-15-26(22(2)20-21)33-19-9-8-18-31-25-13-7-6-12-24(25)30-27(31)16-17-29-28(32)23-10-4-3-5-11-23/h6-7,12-15,20,23H,3-5,8-11,16-19H2,1-2H3,(H,29,32). The second-order valence-corrected chi connectivity index (χ2v) is 9.37. The first-order valence-electron chi connectivity index (χ1n) is 12.5. The van der Waals surface area contributed by atoms with Crippen molar-refractivity contribution in [2.24, 2.45) is 5.92 Å². The van der Waals surface area contributed by atoms with Gasteiger partial charge in [0.05, 0.1) is 17.6 Å². The van der Waals surface area contributed by atoms with Crippen molar-refractivity contribution in [1.82, 2.24) is 14.9 Å². The number of nitrogens with one attached hydrogen (secondary N) is 1. The Hall–Kier alpha value is -2.82. The molecule has 5 heteroatoms. The molecule has 2 aromatic carbocycles. The molecule has 1 aliphatic rings. The zero-order valence-electron chi connectivity index (χ0n) is 20.1. The SMILES string of the molecule is Cc1ccc(OCCCCn2c(CCNC(=O)C3CCCCC3)nc3ccccc32)c(C)c1. The second-order valence-electron chi connectivity index (χ2n) is 9.37. The predicted molar refractivity (Wildman–Crippen MR) is 134 cm³/mol. The Bertz CT molecular complexity index is 1070. The summed E-state index contributed by atoms with van der Waals surface area (Å²) in [5, 5.41) is 3.16. The van der Waals surface area contributed by atoms with E-state index in [-0.39, 0.29) is 11.8 Å². The number of carbonyl (C=O) groups excluding carboxylic acids is 1. The third-order valence-corrected chi connectivity index (χ3v) is 6.72. The van der Waals surface area contributed by atoms with E-state index in [0.717, 1.165) is 55.7 Å². The summed E-state index contributed by atoms with van der Waals surface area (Å²) in [7, 11) is 0. The van der Waals surface area contributed by atoms with Gasteiger partial charge in [-0.05, 0) is 63.3 Å². The van der Waals surface area contributed by atoms with Gasteiger partial charge in [0.1, 0.15) is 11.6 Å². The van der Waals surface area contributed by atoms with Gasteiger partial charge in [0, 0.05) is 25.4 Å². The number of rotatable bonds is 10. The van der Waals surface area contributed by atoms with E-state index in [4.69, 9.17) is 9.72 Å². The number of para-hydroxylation sites is 2. The van der Waals surface area contributed by atoms with Gasteiger partial charge in [-0.25, -0.2) is 4.98 Å². The Labute approximate surface area is 197 Å². The lowest BCUT2D eigenvalue weighted by molar-refractivity contribution is -0.125. The molecular formula is C28H37N3O2. The van der Waals surface area contributed by atoms with Crippen molar-refractivity contribution in [1.29, 1.82) is 0 Å². The van der Waals surface area contributed by atoms with E-state index in [2.05, 4.69) is 60.1 Å². The number of nitrogens with zero attached hydrogens (tertiary/aromatic N) is 2. The average Bonchev–Trinajstić information content (AvgIpc) is 3.18. The highest BCUT2D eigenvalue weighted by Crippen LogP contribution is 2.24. The van der Waals surface area contributed by atoms with Crippen molar-refractivity contribution < 1.29 is 9.53 Å². The first-order chi connectivity index (χ1) is 16.1. The molecule has 0 radical (unpaired) electrons. The number of hydrogen-bond donors (Lipinski definition) is 1. The molecule has 0 spiro atoms. The van der Waals surface area contributed by atoms with Crippen LogP contribution in [0.1, 0.15) is 61.9 Å². The molecule has 1 fully saturated rings. The molecule has 1 aromatic heterocycles. The third kappa shape index (κ3) is 6.16. The van der Waals surface area contributed by atoms with Gasteiger partial charge in [-0.15, -0.1) is 0 Å². The summed E-state index contributed by atoms with van der Waals surface area (Å²) in [4.78, 5) is 17.4. The fourth-order valence-corrected chi connectivity index (χ4v) is 4.89. The van der Waals surface area contributed by atoms with Gasteiger partial charge in [-0.2, -0.15) is 0 Å². The van der Waals surface area contributed by atoms with Crippen LogP contribution in [0.25, 0.3) is 11.0 Å². The molecule has 0 atom stereocenters. The van der Waals surface area contributed by atoms with Gasteiger partial charge in [0.2, 0.25) is 5.91 Å². The summed E-state index contributed by atoms with van der Waals surface area (Å²) < 4.78 is 8.32. The first-order valence-corrected chi connectivity index (χ1v) is 12.5. The topological polar surface area (TPSA) is 56.1 Å². The summed E-state index contributed by atoms with van der Waals surface area (Å²) in [6, 6.07) is 14.6. The predicted octanol–water partition coefficient (Wildman–Crippen LogP) is 5.75. The van der Waals surface area contributed by atoms with E-state index in [9.17, 15) is 4.79 Å². The Morgan fingerprint density at radius 1 is 1.09 bits per heavy atom. The molecule has 1 aliphatic carbocycles. The fraction of sp³-hybridized carbons (Fsp3) is 0.500. The maximum absolute atomic E-state index is 12.5. The van der Waals surface area contributed by atoms with Gasteiger partial charge in [-0.3, -0.25) is 4.79 Å². The van der Waals surface area contributed by atoms with Gasteiger partial charge in [-0.1, -0.05) is 49.1 Å². The van der Waals surface area contributed by atoms with Crippen LogP contribution >= 0.6 is 0 Å². The van der Waals surface area contributed by atoms with Crippen molar-refractivity contribution in [2.45, 2.75) is 71.8 Å². The lowest BCUT2D eigenvalue weighted by Gasteiger charge is -2.20. The van der Waals surface area contributed by atoms with Crippen molar-refractivity contribution in [3.05, 3.63) is 59.4 Å². The van der Waals surface area contributed by atoms with Crippen LogP contribution in [-0.2, 0) is 17.8 Å². The smallest absolute Gasteiger partial charge is 0.223 e. The molecule has 0 saturated heterocycles. The van der Waals surface area contributed by atoms with Crippen LogP contribution in [0.3, 0.4) is 0 Å². The van der Waals surface area contributed by atoms with Crippen molar-refractivity contribution >= 4 is 16.9 Å². The van der Waals surface area contributed by atoms with E-state index in [1.165, 1.54) is 35.9 Å². The quantitative estimate of drug-likeness (QED) is 0.403. The number of benzene rings is 2. The van der Waals surface area contributed by atoms with Crippen molar-refractivity contribution in [2.75, 3.05) is 13.2 Å². The minimum Gasteiger partial charge on any atom is -0.493 e. The van der Waals surface area contributed by atoms with Crippen LogP contribution in [0.2, 0.25) is 0 Å². The monoisotopic (exact) mass is 447 g/mol. The van der Waals surface area contributed by atoms with E-state index in [1.807, 2.05) is 6.07 Å². The van der Waals surface area contributed by atoms with E-state index in [1.54, 1.807) is 0 Å². The Morgan fingerprint density at radius 2 is 1.91 bits per heavy atom. The number of unbranched alkanes of at least 4 members (excludes halogenated alkanes) is 1. The number of aryl methyl sites for hydroxylation is 3. The zero-order valence-corrected chi connectivity index (χ0v) is 20.1. The van der Waals surface area contributed by atoms with Crippen LogP contribution in [0.15, 0.2) is 42.5 Å². The van der Waals surface area contributed by atoms with Gasteiger partial charge < -0.3 is 14.6 Å². The molecule has 4 rings (SSSR count). The molecule has 176 valence electrons. The minimum atomic E-state index is 0.203. The molecular weight excluding hydrogens is 410 g/mol. The molecule has 3 aromatic rings. The highest BCUT2D eigenvalue weighted by atomic mass is 16.5. The maximum Gasteiger partial charge on any atom is 0.223 e. The Morgan fingerprint density at radius 3 is 2.73 bits per heavy atom. The molecule has 1 heterocycles. The number of aromatic nitrogens is 2. The molecule has 0 unspecified atom stereocenters. The Kier molecular flexibility index (Phi) is 8.03. The van der Waals surface area contributed by atoms with Crippen molar-refractivity contribution in [3.8, 4) is 5.75 Å². The average molecular weight is 448 g/mol. The van der Waals surface area contributed by atoms with Crippen LogP contribution < -0.4 is 10.1 Å². The van der Waals surface area contributed by atoms with Gasteiger partial charge in [0.15, 0.2) is 0 Å². The van der Waals surface area contributed by atoms with Crippen LogP contribution in [0.5, 0.6) is 5.75 Å². The van der Waals surface area contributed by atoms with Crippen LogP contribution in [0, 0.1) is 19.8 Å². The fourth-order valence-electron chi connectivity index (χ4n) is 4.89. The van der Waals surface area contributed by atoms with Crippen molar-refractivity contribution in [3.63, 3.8) is 0 Å². The van der Waals surface area contributed by atoms with E-state index in [0.29, 0.717) is 13.2 Å². The van der Waals surface area contributed by atoms with E-state index >= 15 is 0 Å².